The Bertz CT molecular complexity index is 770. The van der Waals surface area contributed by atoms with Crippen molar-refractivity contribution in [1.82, 2.24) is 5.43 Å². The van der Waals surface area contributed by atoms with Crippen LogP contribution >= 0.6 is 0 Å². The number of carbonyl (C=O) groups is 1. The van der Waals surface area contributed by atoms with E-state index in [9.17, 15) is 4.79 Å². The summed E-state index contributed by atoms with van der Waals surface area (Å²) in [6, 6.07) is 18.6. The predicted molar refractivity (Wildman–Crippen MR) is 103 cm³/mol. The topological polar surface area (TPSA) is 41.5 Å². The highest BCUT2D eigenvalue weighted by atomic mass is 16.2. The van der Waals surface area contributed by atoms with Gasteiger partial charge in [-0.3, -0.25) is 4.79 Å². The highest BCUT2D eigenvalue weighted by Gasteiger charge is 2.44. The van der Waals surface area contributed by atoms with E-state index in [1.165, 1.54) is 11.1 Å². The second-order valence-electron chi connectivity index (χ2n) is 7.86. The maximum Gasteiger partial charge on any atom is 0.243 e. The number of carbonyl (C=O) groups excluding carboxylic acids is 1. The molecule has 1 aliphatic rings. The molecule has 1 N–H and O–H groups in total. The molecule has 0 radical (unpaired) electrons. The van der Waals surface area contributed by atoms with Crippen molar-refractivity contribution in [3.63, 3.8) is 0 Å². The van der Waals surface area contributed by atoms with Gasteiger partial charge in [-0.2, -0.15) is 5.10 Å². The standard InChI is InChI=1S/C22H26N2O/c1-15(16-8-6-5-7-9-16)23-24-21(25)20-14-19(20)17-10-12-18(13-11-17)22(2,3)4/h5-13,19-20H,14H2,1-4H3,(H,24,25)/b23-15+/t19-,20-/m0/s1. The molecule has 2 aromatic carbocycles. The normalized spacial score (nSPS) is 20.2. The monoisotopic (exact) mass is 334 g/mol. The van der Waals surface area contributed by atoms with E-state index in [0.29, 0.717) is 5.92 Å². The molecule has 1 aliphatic carbocycles. The third kappa shape index (κ3) is 4.16. The molecule has 0 aliphatic heterocycles. The zero-order valence-corrected chi connectivity index (χ0v) is 15.4. The van der Waals surface area contributed by atoms with Crippen LogP contribution in [0.2, 0.25) is 0 Å². The van der Waals surface area contributed by atoms with Gasteiger partial charge in [-0.25, -0.2) is 5.43 Å². The average molecular weight is 334 g/mol. The van der Waals surface area contributed by atoms with Crippen molar-refractivity contribution in [1.29, 1.82) is 0 Å². The van der Waals surface area contributed by atoms with Gasteiger partial charge in [0.2, 0.25) is 5.91 Å². The van der Waals surface area contributed by atoms with Crippen LogP contribution in [-0.2, 0) is 10.2 Å². The van der Waals surface area contributed by atoms with Crippen LogP contribution in [0.5, 0.6) is 0 Å². The van der Waals surface area contributed by atoms with Crippen molar-refractivity contribution < 1.29 is 4.79 Å². The van der Waals surface area contributed by atoms with Crippen molar-refractivity contribution >= 4 is 11.6 Å². The van der Waals surface area contributed by atoms with Gasteiger partial charge < -0.3 is 0 Å². The number of hydrazone groups is 1. The third-order valence-electron chi connectivity index (χ3n) is 4.86. The van der Waals surface area contributed by atoms with Crippen LogP contribution in [0.3, 0.4) is 0 Å². The molecule has 1 saturated carbocycles. The summed E-state index contributed by atoms with van der Waals surface area (Å²) in [5.74, 6) is 0.370. The molecule has 1 fully saturated rings. The quantitative estimate of drug-likeness (QED) is 0.643. The summed E-state index contributed by atoms with van der Waals surface area (Å²) in [5.41, 5.74) is 7.29. The van der Waals surface area contributed by atoms with Crippen molar-refractivity contribution in [2.75, 3.05) is 0 Å². The molecule has 25 heavy (non-hydrogen) atoms. The van der Waals surface area contributed by atoms with Gasteiger partial charge in [0, 0.05) is 5.92 Å². The Morgan fingerprint density at radius 3 is 2.28 bits per heavy atom. The molecule has 3 rings (SSSR count). The lowest BCUT2D eigenvalue weighted by molar-refractivity contribution is -0.122. The molecule has 0 saturated heterocycles. The highest BCUT2D eigenvalue weighted by molar-refractivity contribution is 5.99. The maximum absolute atomic E-state index is 12.3. The third-order valence-corrected chi connectivity index (χ3v) is 4.86. The van der Waals surface area contributed by atoms with Gasteiger partial charge in [0.15, 0.2) is 0 Å². The molecule has 0 spiro atoms. The molecule has 1 amide bonds. The van der Waals surface area contributed by atoms with Gasteiger partial charge in [-0.05, 0) is 41.4 Å². The minimum absolute atomic E-state index is 0.0141. The van der Waals surface area contributed by atoms with E-state index >= 15 is 0 Å². The Morgan fingerprint density at radius 1 is 1.04 bits per heavy atom. The lowest BCUT2D eigenvalue weighted by Gasteiger charge is -2.19. The van der Waals surface area contributed by atoms with E-state index in [1.807, 2.05) is 37.3 Å². The molecule has 2 aromatic rings. The first kappa shape index (κ1) is 17.4. The van der Waals surface area contributed by atoms with E-state index in [1.54, 1.807) is 0 Å². The van der Waals surface area contributed by atoms with Gasteiger partial charge >= 0.3 is 0 Å². The number of amides is 1. The number of hydrogen-bond acceptors (Lipinski definition) is 2. The molecule has 130 valence electrons. The minimum atomic E-state index is 0.0141. The Labute approximate surface area is 150 Å². The van der Waals surface area contributed by atoms with Crippen LogP contribution in [0, 0.1) is 5.92 Å². The first-order valence-electron chi connectivity index (χ1n) is 8.86. The summed E-state index contributed by atoms with van der Waals surface area (Å²) in [6.45, 7) is 8.54. The Kier molecular flexibility index (Phi) is 4.76. The number of rotatable bonds is 4. The highest BCUT2D eigenvalue weighted by Crippen LogP contribution is 2.47. The van der Waals surface area contributed by atoms with E-state index < -0.39 is 0 Å². The summed E-state index contributed by atoms with van der Waals surface area (Å²) >= 11 is 0. The van der Waals surface area contributed by atoms with Crippen LogP contribution in [-0.4, -0.2) is 11.6 Å². The van der Waals surface area contributed by atoms with Crippen LogP contribution in [0.15, 0.2) is 59.7 Å². The van der Waals surface area contributed by atoms with Crippen LogP contribution in [0.4, 0.5) is 0 Å². The van der Waals surface area contributed by atoms with Crippen LogP contribution < -0.4 is 5.43 Å². The summed E-state index contributed by atoms with van der Waals surface area (Å²) in [4.78, 5) is 12.3. The smallest absolute Gasteiger partial charge is 0.243 e. The van der Waals surface area contributed by atoms with Crippen LogP contribution in [0.25, 0.3) is 0 Å². The van der Waals surface area contributed by atoms with Crippen molar-refractivity contribution in [2.45, 2.75) is 45.4 Å². The predicted octanol–water partition coefficient (Wildman–Crippen LogP) is 4.63. The van der Waals surface area contributed by atoms with Crippen molar-refractivity contribution in [3.8, 4) is 0 Å². The second-order valence-corrected chi connectivity index (χ2v) is 7.86. The molecule has 3 nitrogen and oxygen atoms in total. The molecular formula is C22H26N2O. The largest absolute Gasteiger partial charge is 0.273 e. The summed E-state index contributed by atoms with van der Waals surface area (Å²) in [6.07, 6.45) is 0.903. The maximum atomic E-state index is 12.3. The fourth-order valence-corrected chi connectivity index (χ4v) is 3.05. The van der Waals surface area contributed by atoms with Gasteiger partial charge in [0.05, 0.1) is 5.71 Å². The van der Waals surface area contributed by atoms with E-state index in [0.717, 1.165) is 17.7 Å². The first-order chi connectivity index (χ1) is 11.9. The molecule has 2 atom stereocenters. The molecule has 3 heteroatoms. The molecule has 0 unspecified atom stereocenters. The molecule has 0 heterocycles. The van der Waals surface area contributed by atoms with Crippen molar-refractivity contribution in [3.05, 3.63) is 71.3 Å². The average Bonchev–Trinajstić information content (AvgIpc) is 3.40. The van der Waals surface area contributed by atoms with Gasteiger partial charge in [0.1, 0.15) is 0 Å². The molecular weight excluding hydrogens is 308 g/mol. The Balaban J connectivity index is 1.59. The summed E-state index contributed by atoms with van der Waals surface area (Å²) < 4.78 is 0. The second kappa shape index (κ2) is 6.83. The van der Waals surface area contributed by atoms with Gasteiger partial charge in [-0.15, -0.1) is 0 Å². The fraction of sp³-hybridized carbons (Fsp3) is 0.364. The fourth-order valence-electron chi connectivity index (χ4n) is 3.05. The van der Waals surface area contributed by atoms with Crippen molar-refractivity contribution in [2.24, 2.45) is 11.0 Å². The summed E-state index contributed by atoms with van der Waals surface area (Å²) in [7, 11) is 0. The van der Waals surface area contributed by atoms with E-state index in [2.05, 4.69) is 55.6 Å². The number of nitrogens with one attached hydrogen (secondary N) is 1. The minimum Gasteiger partial charge on any atom is -0.273 e. The lowest BCUT2D eigenvalue weighted by atomic mass is 9.86. The number of hydrogen-bond donors (Lipinski definition) is 1. The Morgan fingerprint density at radius 2 is 1.68 bits per heavy atom. The van der Waals surface area contributed by atoms with E-state index in [4.69, 9.17) is 0 Å². The zero-order chi connectivity index (χ0) is 18.0. The SMILES string of the molecule is C/C(=N\NC(=O)[C@H]1C[C@H]1c1ccc(C(C)(C)C)cc1)c1ccccc1. The van der Waals surface area contributed by atoms with E-state index in [-0.39, 0.29) is 17.2 Å². The Hall–Kier alpha value is -2.42. The number of benzene rings is 2. The van der Waals surface area contributed by atoms with Crippen LogP contribution in [0.1, 0.15) is 56.7 Å². The van der Waals surface area contributed by atoms with Gasteiger partial charge in [-0.1, -0.05) is 75.4 Å². The van der Waals surface area contributed by atoms with Gasteiger partial charge in [0.25, 0.3) is 0 Å². The molecule has 0 bridgehead atoms. The number of nitrogens with zero attached hydrogens (tertiary/aromatic N) is 1. The molecule has 0 aromatic heterocycles. The lowest BCUT2D eigenvalue weighted by Crippen LogP contribution is -2.21. The first-order valence-corrected chi connectivity index (χ1v) is 8.86. The zero-order valence-electron chi connectivity index (χ0n) is 15.4. The summed E-state index contributed by atoms with van der Waals surface area (Å²) in [5, 5.41) is 4.25.